The summed E-state index contributed by atoms with van der Waals surface area (Å²) in [6, 6.07) is 2.68. The first-order valence-electron chi connectivity index (χ1n) is 6.66. The van der Waals surface area contributed by atoms with E-state index in [1.807, 2.05) is 11.9 Å². The molecular weight excluding hydrogens is 313 g/mol. The average molecular weight is 334 g/mol. The molecule has 4 N–H and O–H groups in total. The summed E-state index contributed by atoms with van der Waals surface area (Å²) in [5.41, 5.74) is 6.41. The van der Waals surface area contributed by atoms with Gasteiger partial charge in [-0.15, -0.1) is 0 Å². The molecule has 0 aliphatic rings. The number of anilines is 2. The van der Waals surface area contributed by atoms with Crippen molar-refractivity contribution in [3.05, 3.63) is 22.2 Å². The van der Waals surface area contributed by atoms with E-state index in [1.165, 1.54) is 12.1 Å². The zero-order valence-electron chi connectivity index (χ0n) is 12.4. The van der Waals surface area contributed by atoms with Gasteiger partial charge in [0.05, 0.1) is 27.9 Å². The Hall–Kier alpha value is -1.01. The Morgan fingerprint density at radius 3 is 2.38 bits per heavy atom. The van der Waals surface area contributed by atoms with E-state index in [4.69, 9.17) is 28.9 Å². The van der Waals surface area contributed by atoms with Gasteiger partial charge in [-0.3, -0.25) is 9.69 Å². The van der Waals surface area contributed by atoms with Crippen molar-refractivity contribution in [2.45, 2.75) is 32.4 Å². The maximum absolute atomic E-state index is 12.2. The highest BCUT2D eigenvalue weighted by molar-refractivity contribution is 6.40. The number of hydrogen-bond donors (Lipinski definition) is 3. The number of halogens is 2. The molecule has 0 fully saturated rings. The topological polar surface area (TPSA) is 78.6 Å². The van der Waals surface area contributed by atoms with Crippen LogP contribution in [-0.2, 0) is 4.79 Å². The largest absolute Gasteiger partial charge is 0.399 e. The third kappa shape index (κ3) is 5.36. The first-order valence-corrected chi connectivity index (χ1v) is 7.41. The number of nitrogens with zero attached hydrogens (tertiary/aromatic N) is 1. The molecule has 2 atom stereocenters. The molecule has 118 valence electrons. The van der Waals surface area contributed by atoms with Gasteiger partial charge in [-0.25, -0.2) is 0 Å². The van der Waals surface area contributed by atoms with Crippen molar-refractivity contribution in [2.75, 3.05) is 24.6 Å². The molecule has 1 amide bonds. The van der Waals surface area contributed by atoms with Gasteiger partial charge in [-0.05, 0) is 39.4 Å². The molecule has 1 rings (SSSR count). The molecule has 0 saturated carbocycles. The number of benzene rings is 1. The predicted molar refractivity (Wildman–Crippen MR) is 87.9 cm³/mol. The first-order chi connectivity index (χ1) is 9.72. The fraction of sp³-hybridized carbons (Fsp3) is 0.500. The second kappa shape index (κ2) is 7.84. The zero-order valence-corrected chi connectivity index (χ0v) is 13.9. The molecule has 0 radical (unpaired) electrons. The Morgan fingerprint density at radius 1 is 1.38 bits per heavy atom. The fourth-order valence-electron chi connectivity index (χ4n) is 1.72. The van der Waals surface area contributed by atoms with Crippen molar-refractivity contribution in [1.29, 1.82) is 0 Å². The van der Waals surface area contributed by atoms with Gasteiger partial charge >= 0.3 is 0 Å². The highest BCUT2D eigenvalue weighted by Crippen LogP contribution is 2.32. The maximum atomic E-state index is 12.2. The van der Waals surface area contributed by atoms with E-state index in [0.29, 0.717) is 34.4 Å². The lowest BCUT2D eigenvalue weighted by atomic mass is 10.2. The Bertz CT molecular complexity index is 486. The SMILES string of the molecule is CC(O)CCN(C)C(C)C(=O)Nc1c(Cl)cc(N)cc1Cl. The minimum Gasteiger partial charge on any atom is -0.399 e. The van der Waals surface area contributed by atoms with Gasteiger partial charge in [0.25, 0.3) is 0 Å². The monoisotopic (exact) mass is 333 g/mol. The Kier molecular flexibility index (Phi) is 6.74. The minimum absolute atomic E-state index is 0.225. The van der Waals surface area contributed by atoms with Crippen molar-refractivity contribution in [2.24, 2.45) is 0 Å². The summed E-state index contributed by atoms with van der Waals surface area (Å²) in [4.78, 5) is 14.1. The Morgan fingerprint density at radius 2 is 1.90 bits per heavy atom. The van der Waals surface area contributed by atoms with Crippen LogP contribution in [0.3, 0.4) is 0 Å². The third-order valence-corrected chi connectivity index (χ3v) is 3.85. The van der Waals surface area contributed by atoms with Gasteiger partial charge in [0, 0.05) is 12.2 Å². The summed E-state index contributed by atoms with van der Waals surface area (Å²) in [5, 5.41) is 12.6. The van der Waals surface area contributed by atoms with Crippen LogP contribution in [0, 0.1) is 0 Å². The number of carbonyl (C=O) groups excluding carboxylic acids is 1. The molecule has 1 aromatic carbocycles. The third-order valence-electron chi connectivity index (χ3n) is 3.25. The average Bonchev–Trinajstić information content (AvgIpc) is 2.38. The normalized spacial score (nSPS) is 14.0. The number of nitrogen functional groups attached to an aromatic ring is 1. The van der Waals surface area contributed by atoms with Crippen molar-refractivity contribution in [3.63, 3.8) is 0 Å². The number of nitrogens with one attached hydrogen (secondary N) is 1. The van der Waals surface area contributed by atoms with Crippen molar-refractivity contribution < 1.29 is 9.90 Å². The van der Waals surface area contributed by atoms with E-state index in [0.717, 1.165) is 0 Å². The van der Waals surface area contributed by atoms with Crippen LogP contribution in [0.1, 0.15) is 20.3 Å². The van der Waals surface area contributed by atoms with Crippen molar-refractivity contribution >= 4 is 40.5 Å². The molecule has 2 unspecified atom stereocenters. The molecule has 0 aliphatic carbocycles. The number of carbonyl (C=O) groups is 1. The second-order valence-electron chi connectivity index (χ2n) is 5.14. The molecule has 0 spiro atoms. The van der Waals surface area contributed by atoms with E-state index in [1.54, 1.807) is 13.8 Å². The van der Waals surface area contributed by atoms with Crippen LogP contribution in [0.25, 0.3) is 0 Å². The van der Waals surface area contributed by atoms with Crippen LogP contribution in [0.4, 0.5) is 11.4 Å². The maximum Gasteiger partial charge on any atom is 0.241 e. The quantitative estimate of drug-likeness (QED) is 0.699. The van der Waals surface area contributed by atoms with Crippen LogP contribution in [0.15, 0.2) is 12.1 Å². The summed E-state index contributed by atoms with van der Waals surface area (Å²) < 4.78 is 0. The summed E-state index contributed by atoms with van der Waals surface area (Å²) in [7, 11) is 1.82. The van der Waals surface area contributed by atoms with Crippen LogP contribution in [0.5, 0.6) is 0 Å². The molecule has 0 aliphatic heterocycles. The number of amides is 1. The van der Waals surface area contributed by atoms with Gasteiger partial charge in [-0.2, -0.15) is 0 Å². The summed E-state index contributed by atoms with van der Waals surface area (Å²) >= 11 is 12.1. The van der Waals surface area contributed by atoms with Crippen LogP contribution < -0.4 is 11.1 Å². The molecule has 0 heterocycles. The van der Waals surface area contributed by atoms with Crippen LogP contribution >= 0.6 is 23.2 Å². The van der Waals surface area contributed by atoms with Crippen LogP contribution in [-0.4, -0.2) is 41.7 Å². The van der Waals surface area contributed by atoms with Gasteiger partial charge in [0.15, 0.2) is 0 Å². The van der Waals surface area contributed by atoms with Gasteiger partial charge in [-0.1, -0.05) is 23.2 Å². The van der Waals surface area contributed by atoms with E-state index in [9.17, 15) is 9.90 Å². The smallest absolute Gasteiger partial charge is 0.241 e. The predicted octanol–water partition coefficient (Wildman–Crippen LogP) is 2.61. The molecular formula is C14H21Cl2N3O2. The summed E-state index contributed by atoms with van der Waals surface area (Å²) in [5.74, 6) is -0.225. The van der Waals surface area contributed by atoms with Crippen molar-refractivity contribution in [3.8, 4) is 0 Å². The minimum atomic E-state index is -0.399. The zero-order chi connectivity index (χ0) is 16.2. The standard InChI is InChI=1S/C14H21Cl2N3O2/c1-8(20)4-5-19(3)9(2)14(21)18-13-11(15)6-10(17)7-12(13)16/h6-9,20H,4-5,17H2,1-3H3,(H,18,21). The number of hydrogen-bond acceptors (Lipinski definition) is 4. The van der Waals surface area contributed by atoms with E-state index < -0.39 is 6.10 Å². The lowest BCUT2D eigenvalue weighted by Crippen LogP contribution is -2.40. The van der Waals surface area contributed by atoms with E-state index >= 15 is 0 Å². The summed E-state index contributed by atoms with van der Waals surface area (Å²) in [6.07, 6.45) is 0.195. The number of rotatable bonds is 6. The molecule has 1 aromatic rings. The molecule has 0 saturated heterocycles. The van der Waals surface area contributed by atoms with E-state index in [2.05, 4.69) is 5.32 Å². The molecule has 5 nitrogen and oxygen atoms in total. The molecule has 0 aromatic heterocycles. The van der Waals surface area contributed by atoms with Crippen molar-refractivity contribution in [1.82, 2.24) is 4.90 Å². The second-order valence-corrected chi connectivity index (χ2v) is 5.96. The summed E-state index contributed by atoms with van der Waals surface area (Å²) in [6.45, 7) is 4.10. The molecule has 7 heteroatoms. The highest BCUT2D eigenvalue weighted by Gasteiger charge is 2.20. The molecule has 0 bridgehead atoms. The van der Waals surface area contributed by atoms with Crippen LogP contribution in [0.2, 0.25) is 10.0 Å². The number of nitrogens with two attached hydrogens (primary N) is 1. The first kappa shape index (κ1) is 18.0. The van der Waals surface area contributed by atoms with Gasteiger partial charge in [0.1, 0.15) is 0 Å². The lowest BCUT2D eigenvalue weighted by molar-refractivity contribution is -0.120. The van der Waals surface area contributed by atoms with Gasteiger partial charge < -0.3 is 16.2 Å². The number of aliphatic hydroxyl groups is 1. The fourth-order valence-corrected chi connectivity index (χ4v) is 2.32. The number of likely N-dealkylation sites (N-methyl/N-ethyl adjacent to an activating group) is 1. The lowest BCUT2D eigenvalue weighted by Gasteiger charge is -2.24. The Labute approximate surface area is 135 Å². The molecule has 21 heavy (non-hydrogen) atoms. The Balaban J connectivity index is 2.72. The highest BCUT2D eigenvalue weighted by atomic mass is 35.5. The van der Waals surface area contributed by atoms with E-state index in [-0.39, 0.29) is 11.9 Å². The van der Waals surface area contributed by atoms with Gasteiger partial charge in [0.2, 0.25) is 5.91 Å². The number of aliphatic hydroxyl groups excluding tert-OH is 1.